The lowest BCUT2D eigenvalue weighted by molar-refractivity contribution is 0.0737. The van der Waals surface area contributed by atoms with E-state index >= 15 is 0 Å². The summed E-state index contributed by atoms with van der Waals surface area (Å²) in [6.45, 7) is 4.93. The number of nitrogens with zero attached hydrogens (tertiary/aromatic N) is 3. The van der Waals surface area contributed by atoms with E-state index in [0.29, 0.717) is 12.0 Å². The fourth-order valence-corrected chi connectivity index (χ4v) is 3.62. The molecule has 0 radical (unpaired) electrons. The average Bonchev–Trinajstić information content (AvgIpc) is 2.96. The molecule has 5 nitrogen and oxygen atoms in total. The minimum Gasteiger partial charge on any atom is -0.336 e. The molecule has 6 heteroatoms. The van der Waals surface area contributed by atoms with Gasteiger partial charge in [0.15, 0.2) is 0 Å². The van der Waals surface area contributed by atoms with Crippen LogP contribution in [-0.2, 0) is 6.42 Å². The van der Waals surface area contributed by atoms with Crippen molar-refractivity contribution in [2.45, 2.75) is 51.5 Å². The Morgan fingerprint density at radius 1 is 1.38 bits per heavy atom. The van der Waals surface area contributed by atoms with Crippen LogP contribution in [0.3, 0.4) is 0 Å². The first-order valence-electron chi connectivity index (χ1n) is 8.11. The molecule has 3 rings (SSSR count). The molecule has 0 bridgehead atoms. The van der Waals surface area contributed by atoms with Gasteiger partial charge >= 0.3 is 0 Å². The van der Waals surface area contributed by atoms with Gasteiger partial charge in [-0.25, -0.2) is 0 Å². The lowest BCUT2D eigenvalue weighted by atomic mass is 10.1. The SMILES string of the molecule is CCCc1nnsc1C(=O)N(CC1CC1)CC1CCCN1. The van der Waals surface area contributed by atoms with E-state index in [-0.39, 0.29) is 5.91 Å². The minimum absolute atomic E-state index is 0.147. The summed E-state index contributed by atoms with van der Waals surface area (Å²) in [6, 6.07) is 0.461. The maximum Gasteiger partial charge on any atom is 0.267 e. The zero-order valence-corrected chi connectivity index (χ0v) is 13.5. The molecule has 1 saturated heterocycles. The van der Waals surface area contributed by atoms with Crippen LogP contribution in [0.4, 0.5) is 0 Å². The highest BCUT2D eigenvalue weighted by atomic mass is 32.1. The molecular weight excluding hydrogens is 284 g/mol. The van der Waals surface area contributed by atoms with Crippen LogP contribution >= 0.6 is 11.5 Å². The summed E-state index contributed by atoms with van der Waals surface area (Å²) in [5.41, 5.74) is 0.882. The number of carbonyl (C=O) groups is 1. The van der Waals surface area contributed by atoms with Crippen LogP contribution in [0, 0.1) is 5.92 Å². The van der Waals surface area contributed by atoms with Crippen molar-refractivity contribution in [3.8, 4) is 0 Å². The Labute approximate surface area is 130 Å². The summed E-state index contributed by atoms with van der Waals surface area (Å²) in [5, 5.41) is 7.64. The molecule has 2 heterocycles. The zero-order chi connectivity index (χ0) is 14.7. The maximum atomic E-state index is 12.9. The number of aromatic nitrogens is 2. The van der Waals surface area contributed by atoms with Gasteiger partial charge in [-0.1, -0.05) is 17.8 Å². The Hall–Kier alpha value is -1.01. The molecule has 1 aromatic rings. The summed E-state index contributed by atoms with van der Waals surface area (Å²) in [5.74, 6) is 0.861. The molecule has 0 aromatic carbocycles. The lowest BCUT2D eigenvalue weighted by Gasteiger charge is -2.25. The Kier molecular flexibility index (Phi) is 4.85. The summed E-state index contributed by atoms with van der Waals surface area (Å²) in [6.07, 6.45) is 6.78. The normalized spacial score (nSPS) is 21.7. The van der Waals surface area contributed by atoms with Crippen LogP contribution in [0.1, 0.15) is 54.4 Å². The molecule has 116 valence electrons. The first-order valence-corrected chi connectivity index (χ1v) is 8.89. The molecule has 1 N–H and O–H groups in total. The van der Waals surface area contributed by atoms with Gasteiger partial charge in [-0.3, -0.25) is 4.79 Å². The molecule has 1 atom stereocenters. The molecule has 2 aliphatic rings. The highest BCUT2D eigenvalue weighted by molar-refractivity contribution is 7.08. The van der Waals surface area contributed by atoms with Crippen LogP contribution in [0.5, 0.6) is 0 Å². The van der Waals surface area contributed by atoms with E-state index in [1.54, 1.807) is 0 Å². The number of carbonyl (C=O) groups excluding carboxylic acids is 1. The van der Waals surface area contributed by atoms with Gasteiger partial charge in [-0.2, -0.15) is 0 Å². The van der Waals surface area contributed by atoms with Crippen molar-refractivity contribution in [1.82, 2.24) is 19.8 Å². The molecule has 0 spiro atoms. The van der Waals surface area contributed by atoms with E-state index in [1.165, 1.54) is 37.2 Å². The molecule has 2 fully saturated rings. The number of amides is 1. The summed E-state index contributed by atoms with van der Waals surface area (Å²) in [7, 11) is 0. The van der Waals surface area contributed by atoms with Crippen LogP contribution < -0.4 is 5.32 Å². The Morgan fingerprint density at radius 3 is 2.90 bits per heavy atom. The molecule has 1 saturated carbocycles. The molecule has 1 aromatic heterocycles. The van der Waals surface area contributed by atoms with Gasteiger partial charge < -0.3 is 10.2 Å². The van der Waals surface area contributed by atoms with Crippen LogP contribution in [0.2, 0.25) is 0 Å². The van der Waals surface area contributed by atoms with Crippen molar-refractivity contribution in [3.63, 3.8) is 0 Å². The van der Waals surface area contributed by atoms with Crippen LogP contribution in [-0.4, -0.2) is 46.1 Å². The van der Waals surface area contributed by atoms with Crippen molar-refractivity contribution < 1.29 is 4.79 Å². The molecule has 1 aliphatic carbocycles. The largest absolute Gasteiger partial charge is 0.336 e. The smallest absolute Gasteiger partial charge is 0.267 e. The highest BCUT2D eigenvalue weighted by Crippen LogP contribution is 2.31. The molecule has 21 heavy (non-hydrogen) atoms. The first kappa shape index (κ1) is 14.9. The number of nitrogens with one attached hydrogen (secondary N) is 1. The van der Waals surface area contributed by atoms with Gasteiger partial charge in [0.25, 0.3) is 5.91 Å². The Balaban J connectivity index is 1.70. The van der Waals surface area contributed by atoms with Gasteiger partial charge in [-0.05, 0) is 56.1 Å². The van der Waals surface area contributed by atoms with E-state index < -0.39 is 0 Å². The molecular formula is C15H24N4OS. The summed E-state index contributed by atoms with van der Waals surface area (Å²) < 4.78 is 4.00. The van der Waals surface area contributed by atoms with Crippen LogP contribution in [0.25, 0.3) is 0 Å². The fourth-order valence-electron chi connectivity index (χ4n) is 2.95. The second-order valence-electron chi connectivity index (χ2n) is 6.25. The minimum atomic E-state index is 0.147. The summed E-state index contributed by atoms with van der Waals surface area (Å²) in [4.78, 5) is 15.7. The zero-order valence-electron chi connectivity index (χ0n) is 12.7. The second kappa shape index (κ2) is 6.83. The lowest BCUT2D eigenvalue weighted by Crippen LogP contribution is -2.42. The van der Waals surface area contributed by atoms with Crippen molar-refractivity contribution in [1.29, 1.82) is 0 Å². The van der Waals surface area contributed by atoms with Crippen molar-refractivity contribution in [2.75, 3.05) is 19.6 Å². The fraction of sp³-hybridized carbons (Fsp3) is 0.800. The highest BCUT2D eigenvalue weighted by Gasteiger charge is 2.31. The molecule has 1 unspecified atom stereocenters. The van der Waals surface area contributed by atoms with Crippen molar-refractivity contribution in [2.24, 2.45) is 5.92 Å². The van der Waals surface area contributed by atoms with E-state index in [4.69, 9.17) is 0 Å². The van der Waals surface area contributed by atoms with Gasteiger partial charge in [0, 0.05) is 19.1 Å². The van der Waals surface area contributed by atoms with Gasteiger partial charge in [-0.15, -0.1) is 5.10 Å². The number of hydrogen-bond donors (Lipinski definition) is 1. The third-order valence-corrected chi connectivity index (χ3v) is 5.06. The topological polar surface area (TPSA) is 58.1 Å². The van der Waals surface area contributed by atoms with Gasteiger partial charge in [0.05, 0.1) is 5.69 Å². The standard InChI is InChI=1S/C15H24N4OS/c1-2-4-13-14(21-18-17-13)15(20)19(9-11-6-7-11)10-12-5-3-8-16-12/h11-12,16H,2-10H2,1H3. The van der Waals surface area contributed by atoms with E-state index in [0.717, 1.165) is 43.0 Å². The van der Waals surface area contributed by atoms with E-state index in [1.807, 2.05) is 0 Å². The first-order chi connectivity index (χ1) is 10.3. The summed E-state index contributed by atoms with van der Waals surface area (Å²) >= 11 is 1.26. The molecule has 1 amide bonds. The number of aryl methyl sites for hydroxylation is 1. The Morgan fingerprint density at radius 2 is 2.24 bits per heavy atom. The third kappa shape index (κ3) is 3.80. The third-order valence-electron chi connectivity index (χ3n) is 4.30. The maximum absolute atomic E-state index is 12.9. The predicted molar refractivity (Wildman–Crippen MR) is 83.6 cm³/mol. The van der Waals surface area contributed by atoms with Crippen LogP contribution in [0.15, 0.2) is 0 Å². The predicted octanol–water partition coefficient (Wildman–Crippen LogP) is 2.09. The quantitative estimate of drug-likeness (QED) is 0.838. The number of rotatable bonds is 7. The average molecular weight is 308 g/mol. The number of hydrogen-bond acceptors (Lipinski definition) is 5. The monoisotopic (exact) mass is 308 g/mol. The van der Waals surface area contributed by atoms with Gasteiger partial charge in [0.1, 0.15) is 4.88 Å². The van der Waals surface area contributed by atoms with Gasteiger partial charge in [0.2, 0.25) is 0 Å². The second-order valence-corrected chi connectivity index (χ2v) is 7.00. The molecule has 1 aliphatic heterocycles. The van der Waals surface area contributed by atoms with Crippen molar-refractivity contribution >= 4 is 17.4 Å². The Bertz CT molecular complexity index is 480. The van der Waals surface area contributed by atoms with E-state index in [9.17, 15) is 4.79 Å². The van der Waals surface area contributed by atoms with E-state index in [2.05, 4.69) is 26.7 Å². The van der Waals surface area contributed by atoms with Crippen molar-refractivity contribution in [3.05, 3.63) is 10.6 Å².